The Morgan fingerprint density at radius 1 is 1.88 bits per heavy atom. The molecule has 1 heterocycles. The zero-order valence-electron chi connectivity index (χ0n) is 4.03. The summed E-state index contributed by atoms with van der Waals surface area (Å²) in [5.74, 6) is 2.29. The van der Waals surface area contributed by atoms with Gasteiger partial charge in [0.25, 0.3) is 0 Å². The van der Waals surface area contributed by atoms with Crippen molar-refractivity contribution in [2.45, 2.75) is 6.10 Å². The second-order valence-corrected chi connectivity index (χ2v) is 2.26. The summed E-state index contributed by atoms with van der Waals surface area (Å²) in [5.41, 5.74) is 0. The van der Waals surface area contributed by atoms with Crippen molar-refractivity contribution in [1.29, 1.82) is 0 Å². The summed E-state index contributed by atoms with van der Waals surface area (Å²) in [6.45, 7) is 0. The van der Waals surface area contributed by atoms with Crippen molar-refractivity contribution in [3.05, 3.63) is 11.5 Å². The fourth-order valence-electron chi connectivity index (χ4n) is 0.385. The SMILES string of the molecule is C#CC1C=CS(=O)O1. The quantitative estimate of drug-likeness (QED) is 0.435. The highest BCUT2D eigenvalue weighted by Gasteiger charge is 2.10. The Hall–Kier alpha value is -0.590. The van der Waals surface area contributed by atoms with E-state index in [9.17, 15) is 4.21 Å². The predicted octanol–water partition coefficient (Wildman–Crippen LogP) is 0.196. The van der Waals surface area contributed by atoms with Crippen LogP contribution in [0, 0.1) is 12.3 Å². The number of rotatable bonds is 0. The Kier molecular flexibility index (Phi) is 1.47. The van der Waals surface area contributed by atoms with Crippen molar-refractivity contribution in [1.82, 2.24) is 0 Å². The molecule has 0 saturated carbocycles. The van der Waals surface area contributed by atoms with Crippen LogP contribution in [0.25, 0.3) is 0 Å². The van der Waals surface area contributed by atoms with Gasteiger partial charge in [-0.05, 0) is 6.08 Å². The third-order valence-corrected chi connectivity index (χ3v) is 1.50. The molecule has 0 aromatic carbocycles. The zero-order valence-corrected chi connectivity index (χ0v) is 4.85. The fraction of sp³-hybridized carbons (Fsp3) is 0.200. The maximum atomic E-state index is 10.3. The van der Waals surface area contributed by atoms with Crippen LogP contribution in [0.5, 0.6) is 0 Å². The van der Waals surface area contributed by atoms with E-state index >= 15 is 0 Å². The standard InChI is InChI=1S/C5H4O2S/c1-2-5-3-4-8(6)7-5/h1,3-5H. The number of hydrogen-bond donors (Lipinski definition) is 0. The van der Waals surface area contributed by atoms with E-state index in [0.29, 0.717) is 0 Å². The van der Waals surface area contributed by atoms with Gasteiger partial charge in [0.05, 0.1) is 0 Å². The molecule has 2 nitrogen and oxygen atoms in total. The van der Waals surface area contributed by atoms with Gasteiger partial charge in [0.2, 0.25) is 0 Å². The Bertz CT molecular complexity index is 177. The number of hydrogen-bond acceptors (Lipinski definition) is 2. The van der Waals surface area contributed by atoms with E-state index in [2.05, 4.69) is 10.1 Å². The maximum Gasteiger partial charge on any atom is 0.182 e. The highest BCUT2D eigenvalue weighted by Crippen LogP contribution is 2.06. The van der Waals surface area contributed by atoms with Crippen molar-refractivity contribution < 1.29 is 8.39 Å². The molecule has 1 aliphatic heterocycles. The minimum absolute atomic E-state index is 0.379. The molecule has 0 N–H and O–H groups in total. The molecule has 1 rings (SSSR count). The Morgan fingerprint density at radius 2 is 2.62 bits per heavy atom. The van der Waals surface area contributed by atoms with Crippen LogP contribution in [-0.2, 0) is 15.3 Å². The lowest BCUT2D eigenvalue weighted by atomic mass is 10.4. The van der Waals surface area contributed by atoms with Crippen LogP contribution in [-0.4, -0.2) is 10.3 Å². The van der Waals surface area contributed by atoms with Crippen molar-refractivity contribution in [3.63, 3.8) is 0 Å². The van der Waals surface area contributed by atoms with Gasteiger partial charge in [-0.3, -0.25) is 4.18 Å². The average Bonchev–Trinajstić information content (AvgIpc) is 2.14. The summed E-state index contributed by atoms with van der Waals surface area (Å²) in [6, 6.07) is 0. The van der Waals surface area contributed by atoms with E-state index in [1.807, 2.05) is 0 Å². The molecule has 0 radical (unpaired) electrons. The van der Waals surface area contributed by atoms with E-state index in [1.165, 1.54) is 5.41 Å². The van der Waals surface area contributed by atoms with Crippen LogP contribution in [0.4, 0.5) is 0 Å². The topological polar surface area (TPSA) is 26.3 Å². The van der Waals surface area contributed by atoms with Gasteiger partial charge in [0, 0.05) is 5.41 Å². The van der Waals surface area contributed by atoms with Gasteiger partial charge >= 0.3 is 0 Å². The Labute approximate surface area is 50.2 Å². The summed E-state index contributed by atoms with van der Waals surface area (Å²) in [5, 5.41) is 1.44. The van der Waals surface area contributed by atoms with E-state index < -0.39 is 11.1 Å². The van der Waals surface area contributed by atoms with E-state index in [-0.39, 0.29) is 6.10 Å². The second-order valence-electron chi connectivity index (χ2n) is 1.27. The average molecular weight is 128 g/mol. The normalized spacial score (nSPS) is 34.9. The van der Waals surface area contributed by atoms with Gasteiger partial charge in [-0.2, -0.15) is 0 Å². The molecule has 0 amide bonds. The maximum absolute atomic E-state index is 10.3. The van der Waals surface area contributed by atoms with Crippen LogP contribution in [0.3, 0.4) is 0 Å². The van der Waals surface area contributed by atoms with Crippen LogP contribution in [0.1, 0.15) is 0 Å². The van der Waals surface area contributed by atoms with Gasteiger partial charge in [-0.1, -0.05) is 5.92 Å². The first-order valence-corrected chi connectivity index (χ1v) is 3.19. The predicted molar refractivity (Wildman–Crippen MR) is 31.0 cm³/mol. The zero-order chi connectivity index (χ0) is 5.98. The molecule has 2 atom stereocenters. The smallest absolute Gasteiger partial charge is 0.182 e. The molecule has 3 heteroatoms. The van der Waals surface area contributed by atoms with Gasteiger partial charge < -0.3 is 0 Å². The first-order chi connectivity index (χ1) is 3.83. The second kappa shape index (κ2) is 2.12. The summed E-state index contributed by atoms with van der Waals surface area (Å²) in [6.07, 6.45) is 6.15. The molecular formula is C5H4O2S. The van der Waals surface area contributed by atoms with Crippen molar-refractivity contribution in [3.8, 4) is 12.3 Å². The van der Waals surface area contributed by atoms with E-state index in [0.717, 1.165) is 0 Å². The summed E-state index contributed by atoms with van der Waals surface area (Å²) < 4.78 is 15.0. The summed E-state index contributed by atoms with van der Waals surface area (Å²) >= 11 is -1.28. The third-order valence-electron chi connectivity index (χ3n) is 0.727. The molecule has 0 aliphatic carbocycles. The molecule has 42 valence electrons. The highest BCUT2D eigenvalue weighted by molar-refractivity contribution is 7.83. The van der Waals surface area contributed by atoms with Crippen molar-refractivity contribution in [2.75, 3.05) is 0 Å². The molecule has 0 saturated heterocycles. The van der Waals surface area contributed by atoms with Crippen molar-refractivity contribution in [2.24, 2.45) is 0 Å². The highest BCUT2D eigenvalue weighted by atomic mass is 32.2. The van der Waals surface area contributed by atoms with E-state index in [1.54, 1.807) is 6.08 Å². The number of terminal acetylenes is 1. The van der Waals surface area contributed by atoms with Crippen LogP contribution in [0.15, 0.2) is 11.5 Å². The van der Waals surface area contributed by atoms with Crippen LogP contribution in [0.2, 0.25) is 0 Å². The lowest BCUT2D eigenvalue weighted by Crippen LogP contribution is -1.99. The Balaban J connectivity index is 2.62. The molecule has 0 spiro atoms. The van der Waals surface area contributed by atoms with Crippen LogP contribution >= 0.6 is 0 Å². The van der Waals surface area contributed by atoms with Gasteiger partial charge in [-0.25, -0.2) is 4.21 Å². The van der Waals surface area contributed by atoms with Crippen molar-refractivity contribution >= 4 is 11.1 Å². The summed E-state index contributed by atoms with van der Waals surface area (Å²) in [7, 11) is 0. The molecular weight excluding hydrogens is 124 g/mol. The molecule has 1 aliphatic rings. The summed E-state index contributed by atoms with van der Waals surface area (Å²) in [4.78, 5) is 0. The molecule has 0 bridgehead atoms. The monoisotopic (exact) mass is 128 g/mol. The van der Waals surface area contributed by atoms with Gasteiger partial charge in [-0.15, -0.1) is 6.42 Å². The molecule has 0 fully saturated rings. The largest absolute Gasteiger partial charge is 0.266 e. The first kappa shape index (κ1) is 5.54. The third kappa shape index (κ3) is 0.971. The lowest BCUT2D eigenvalue weighted by Gasteiger charge is -1.91. The van der Waals surface area contributed by atoms with Gasteiger partial charge in [0.15, 0.2) is 17.2 Å². The molecule has 2 unspecified atom stereocenters. The molecule has 0 aromatic rings. The first-order valence-electron chi connectivity index (χ1n) is 2.05. The molecule has 8 heavy (non-hydrogen) atoms. The lowest BCUT2D eigenvalue weighted by molar-refractivity contribution is 0.351. The Morgan fingerprint density at radius 3 is 2.88 bits per heavy atom. The van der Waals surface area contributed by atoms with Crippen LogP contribution < -0.4 is 0 Å². The minimum Gasteiger partial charge on any atom is -0.266 e. The minimum atomic E-state index is -1.28. The van der Waals surface area contributed by atoms with Gasteiger partial charge in [0.1, 0.15) is 0 Å². The fourth-order valence-corrected chi connectivity index (χ4v) is 1.04. The molecule has 0 aromatic heterocycles. The van der Waals surface area contributed by atoms with E-state index in [4.69, 9.17) is 6.42 Å².